The maximum Gasteiger partial charge on any atom is 0.0725 e. The van der Waals surface area contributed by atoms with Crippen molar-refractivity contribution in [3.8, 4) is 0 Å². The Kier molecular flexibility index (Phi) is 9.06. The van der Waals surface area contributed by atoms with Crippen molar-refractivity contribution < 1.29 is 0 Å². The number of allylic oxidation sites excluding steroid dienone is 4. The first-order valence-electron chi connectivity index (χ1n) is 15.5. The molecule has 0 aromatic carbocycles. The first-order chi connectivity index (χ1) is 20.2. The molecule has 0 atom stereocenters. The van der Waals surface area contributed by atoms with Crippen molar-refractivity contribution in [1.29, 1.82) is 0 Å². The predicted octanol–water partition coefficient (Wildman–Crippen LogP) is 10.3. The Bertz CT molecular complexity index is 1660. The van der Waals surface area contributed by atoms with E-state index in [0.29, 0.717) is 11.8 Å². The monoisotopic (exact) mass is 602 g/mol. The highest BCUT2D eigenvalue weighted by molar-refractivity contribution is 6.18. The van der Waals surface area contributed by atoms with E-state index in [1.807, 2.05) is 0 Å². The summed E-state index contributed by atoms with van der Waals surface area (Å²) in [5, 5.41) is 0. The van der Waals surface area contributed by atoms with Gasteiger partial charge in [-0.25, -0.2) is 9.97 Å². The van der Waals surface area contributed by atoms with Crippen LogP contribution in [0.15, 0.2) is 12.1 Å². The zero-order valence-corrected chi connectivity index (χ0v) is 28.0. The highest BCUT2D eigenvalue weighted by Gasteiger charge is 2.25. The largest absolute Gasteiger partial charge is 0.355 e. The average Bonchev–Trinajstić information content (AvgIpc) is 3.67. The van der Waals surface area contributed by atoms with Gasteiger partial charge < -0.3 is 9.97 Å². The summed E-state index contributed by atoms with van der Waals surface area (Å²) in [4.78, 5) is 18.4. The van der Waals surface area contributed by atoms with E-state index in [-0.39, 0.29) is 0 Å². The third kappa shape index (κ3) is 4.95. The molecule has 3 aromatic heterocycles. The number of alkyl halides is 2. The molecule has 0 saturated carbocycles. The van der Waals surface area contributed by atoms with Crippen LogP contribution in [0.25, 0.3) is 44.4 Å². The number of halogens is 2. The topological polar surface area (TPSA) is 57.4 Å². The molecule has 0 spiro atoms. The van der Waals surface area contributed by atoms with Crippen LogP contribution in [0.4, 0.5) is 0 Å². The summed E-state index contributed by atoms with van der Waals surface area (Å²) >= 11 is 13.0. The van der Waals surface area contributed by atoms with Gasteiger partial charge in [0.2, 0.25) is 0 Å². The number of nitrogens with zero attached hydrogens (tertiary/aromatic N) is 2. The summed E-state index contributed by atoms with van der Waals surface area (Å²) in [6, 6.07) is 4.49. The molecule has 4 nitrogen and oxygen atoms in total. The van der Waals surface area contributed by atoms with Gasteiger partial charge in [0, 0.05) is 45.0 Å². The summed E-state index contributed by atoms with van der Waals surface area (Å²) in [6.07, 6.45) is 5.17. The van der Waals surface area contributed by atoms with E-state index in [2.05, 4.69) is 77.5 Å². The number of aromatic amines is 2. The molecule has 2 N–H and O–H groups in total. The van der Waals surface area contributed by atoms with Crippen molar-refractivity contribution in [2.75, 3.05) is 11.8 Å². The van der Waals surface area contributed by atoms with Crippen LogP contribution in [-0.4, -0.2) is 31.7 Å². The van der Waals surface area contributed by atoms with Crippen LogP contribution < -0.4 is 0 Å². The van der Waals surface area contributed by atoms with Crippen molar-refractivity contribution in [3.63, 3.8) is 0 Å². The lowest BCUT2D eigenvalue weighted by Gasteiger charge is -2.08. The van der Waals surface area contributed by atoms with Crippen LogP contribution in [0, 0.1) is 13.8 Å². The third-order valence-electron chi connectivity index (χ3n) is 9.39. The normalized spacial score (nSPS) is 13.6. The van der Waals surface area contributed by atoms with Gasteiger partial charge in [-0.1, -0.05) is 27.7 Å². The average molecular weight is 604 g/mol. The number of nitrogens with one attached hydrogen (secondary N) is 2. The number of rotatable bonds is 8. The van der Waals surface area contributed by atoms with E-state index in [9.17, 15) is 0 Å². The van der Waals surface area contributed by atoms with E-state index in [1.165, 1.54) is 66.7 Å². The standard InChI is InChI=1S/C36H44Cl2N4/c1-9-23-19(5)29-17-30-21(7)25(11-3)35(41-30)28(14-16-38)36-26(12-4)22(8)32(42-36)18-31-20(6)24(10-2)34(40-31)27(13-15-37)33(23)39-29/h17-18,39,41H,9-16H2,1-8H3. The molecule has 0 fully saturated rings. The summed E-state index contributed by atoms with van der Waals surface area (Å²) in [5.41, 5.74) is 21.4. The number of aryl methyl sites for hydroxylation is 6. The van der Waals surface area contributed by atoms with Gasteiger partial charge in [0.25, 0.3) is 0 Å². The van der Waals surface area contributed by atoms with Crippen LogP contribution in [0.5, 0.6) is 0 Å². The Hall–Kier alpha value is -2.82. The number of hydrogen-bond donors (Lipinski definition) is 2. The fourth-order valence-electron chi connectivity index (χ4n) is 7.04. The fourth-order valence-corrected chi connectivity index (χ4v) is 7.41. The van der Waals surface area contributed by atoms with E-state index in [4.69, 9.17) is 33.2 Å². The van der Waals surface area contributed by atoms with E-state index < -0.39 is 0 Å². The summed E-state index contributed by atoms with van der Waals surface area (Å²) < 4.78 is 0. The minimum absolute atomic E-state index is 0.536. The lowest BCUT2D eigenvalue weighted by Crippen LogP contribution is -1.97. The quantitative estimate of drug-likeness (QED) is 0.252. The number of H-pyrrole nitrogens is 2. The maximum atomic E-state index is 6.48. The molecule has 0 radical (unpaired) electrons. The molecule has 0 amide bonds. The summed E-state index contributed by atoms with van der Waals surface area (Å²) in [5.74, 6) is 1.07. The van der Waals surface area contributed by atoms with Gasteiger partial charge in [-0.05, 0) is 123 Å². The molecular weight excluding hydrogens is 559 g/mol. The smallest absolute Gasteiger partial charge is 0.0725 e. The Morgan fingerprint density at radius 1 is 0.571 bits per heavy atom. The molecule has 8 bridgehead atoms. The van der Waals surface area contributed by atoms with E-state index >= 15 is 0 Å². The highest BCUT2D eigenvalue weighted by Crippen LogP contribution is 2.40. The minimum atomic E-state index is 0.536. The molecule has 5 rings (SSSR count). The third-order valence-corrected chi connectivity index (χ3v) is 9.76. The minimum Gasteiger partial charge on any atom is -0.355 e. The molecule has 6 heteroatoms. The van der Waals surface area contributed by atoms with Gasteiger partial charge in [0.1, 0.15) is 0 Å². The SMILES string of the molecule is CCC1=C(C)c2cc3nc(c(CCCl)c4[nH]c(cc5[nH]c(c(CCCl)c1n2)c(CC)c5C)c(C)c4CC)C(CC)=C3C. The van der Waals surface area contributed by atoms with Gasteiger partial charge in [-0.3, -0.25) is 0 Å². The lowest BCUT2D eigenvalue weighted by molar-refractivity contribution is 1.08. The molecule has 0 aliphatic carbocycles. The molecule has 222 valence electrons. The second-order valence-corrected chi connectivity index (χ2v) is 12.2. The second-order valence-electron chi connectivity index (χ2n) is 11.5. The zero-order valence-electron chi connectivity index (χ0n) is 26.5. The Morgan fingerprint density at radius 2 is 0.976 bits per heavy atom. The first-order valence-corrected chi connectivity index (χ1v) is 16.6. The van der Waals surface area contributed by atoms with Crippen molar-refractivity contribution in [2.24, 2.45) is 0 Å². The van der Waals surface area contributed by atoms with E-state index in [1.54, 1.807) is 0 Å². The molecule has 3 aromatic rings. The van der Waals surface area contributed by atoms with Crippen LogP contribution in [0.3, 0.4) is 0 Å². The van der Waals surface area contributed by atoms with Crippen LogP contribution >= 0.6 is 23.2 Å². The molecule has 0 saturated heterocycles. The van der Waals surface area contributed by atoms with Crippen LogP contribution in [0.1, 0.15) is 111 Å². The molecule has 2 aliphatic rings. The van der Waals surface area contributed by atoms with Gasteiger partial charge in [0.15, 0.2) is 0 Å². The van der Waals surface area contributed by atoms with Crippen LogP contribution in [-0.2, 0) is 25.7 Å². The Balaban J connectivity index is 2.10. The van der Waals surface area contributed by atoms with Crippen molar-refractivity contribution in [1.82, 2.24) is 19.9 Å². The molecular formula is C36H44Cl2N4. The number of fused-ring (bicyclic) bond motifs is 8. The van der Waals surface area contributed by atoms with Crippen molar-refractivity contribution in [2.45, 2.75) is 93.9 Å². The van der Waals surface area contributed by atoms with Gasteiger partial charge in [-0.15, -0.1) is 23.2 Å². The van der Waals surface area contributed by atoms with E-state index in [0.717, 1.165) is 72.3 Å². The molecule has 0 unspecified atom stereocenters. The predicted molar refractivity (Wildman–Crippen MR) is 184 cm³/mol. The Morgan fingerprint density at radius 3 is 1.31 bits per heavy atom. The zero-order chi connectivity index (χ0) is 30.3. The molecule has 2 aliphatic heterocycles. The Labute approximate surface area is 260 Å². The van der Waals surface area contributed by atoms with Crippen molar-refractivity contribution >= 4 is 67.6 Å². The summed E-state index contributed by atoms with van der Waals surface area (Å²) in [7, 11) is 0. The lowest BCUT2D eigenvalue weighted by atomic mass is 9.96. The first kappa shape index (κ1) is 30.6. The maximum absolute atomic E-state index is 6.48. The number of aromatic nitrogens is 4. The second kappa shape index (κ2) is 12.4. The summed E-state index contributed by atoms with van der Waals surface area (Å²) in [6.45, 7) is 17.8. The fraction of sp³-hybridized carbons (Fsp3) is 0.444. The van der Waals surface area contributed by atoms with Gasteiger partial charge in [0.05, 0.1) is 22.8 Å². The number of hydrogen-bond acceptors (Lipinski definition) is 2. The van der Waals surface area contributed by atoms with Gasteiger partial charge in [-0.2, -0.15) is 0 Å². The van der Waals surface area contributed by atoms with Gasteiger partial charge >= 0.3 is 0 Å². The highest BCUT2D eigenvalue weighted by atomic mass is 35.5. The molecule has 5 heterocycles. The molecule has 42 heavy (non-hydrogen) atoms. The van der Waals surface area contributed by atoms with Crippen molar-refractivity contribution in [3.05, 3.63) is 68.3 Å². The van der Waals surface area contributed by atoms with Crippen LogP contribution in [0.2, 0.25) is 0 Å².